The highest BCUT2D eigenvalue weighted by molar-refractivity contribution is 5.83. The number of fused-ring (bicyclic) bond motifs is 1. The molecule has 0 spiro atoms. The molecule has 8 nitrogen and oxygen atoms in total. The van der Waals surface area contributed by atoms with Gasteiger partial charge in [0, 0.05) is 44.3 Å². The second-order valence-corrected chi connectivity index (χ2v) is 10.3. The lowest BCUT2D eigenvalue weighted by molar-refractivity contribution is -0.142. The van der Waals surface area contributed by atoms with Crippen molar-refractivity contribution in [3.63, 3.8) is 0 Å². The second-order valence-electron chi connectivity index (χ2n) is 10.3. The van der Waals surface area contributed by atoms with Crippen molar-refractivity contribution in [3.05, 3.63) is 23.4 Å². The lowest BCUT2D eigenvalue weighted by Crippen LogP contribution is -2.45. The number of amides is 1. The summed E-state index contributed by atoms with van der Waals surface area (Å²) in [5, 5.41) is 15.3. The molecule has 0 aliphatic carbocycles. The van der Waals surface area contributed by atoms with E-state index >= 15 is 0 Å². The molecule has 0 saturated carbocycles. The number of carboxylic acids is 1. The van der Waals surface area contributed by atoms with Gasteiger partial charge in [0.1, 0.15) is 18.5 Å². The Bertz CT molecular complexity index is 868. The Morgan fingerprint density at radius 3 is 2.68 bits per heavy atom. The van der Waals surface area contributed by atoms with Crippen LogP contribution < -0.4 is 10.6 Å². The number of alkyl halides is 3. The molecule has 0 aromatic carbocycles. The second kappa shape index (κ2) is 15.1. The average Bonchev–Trinajstić information content (AvgIpc) is 2.86. The van der Waals surface area contributed by atoms with Crippen LogP contribution in [0.15, 0.2) is 12.1 Å². The van der Waals surface area contributed by atoms with E-state index in [1.54, 1.807) is 0 Å². The fraction of sp³-hybridized carbons (Fsp3) is 0.731. The van der Waals surface area contributed by atoms with Crippen LogP contribution in [-0.2, 0) is 27.2 Å². The lowest BCUT2D eigenvalue weighted by atomic mass is 9.89. The monoisotopic (exact) mass is 530 g/mol. The number of aliphatic carboxylic acids is 1. The summed E-state index contributed by atoms with van der Waals surface area (Å²) < 4.78 is 44.7. The first kappa shape index (κ1) is 30.8. The molecule has 1 aromatic rings. The first-order valence-electron chi connectivity index (χ1n) is 12.9. The quantitative estimate of drug-likeness (QED) is 0.264. The number of nitrogens with one attached hydrogen (secondary N) is 2. The van der Waals surface area contributed by atoms with Gasteiger partial charge < -0.3 is 25.4 Å². The number of aryl methyl sites for hydroxylation is 2. The maximum atomic E-state index is 13.3. The summed E-state index contributed by atoms with van der Waals surface area (Å²) in [5.41, 5.74) is 0.670. The number of rotatable bonds is 17. The van der Waals surface area contributed by atoms with Gasteiger partial charge in [0.15, 0.2) is 0 Å². The minimum absolute atomic E-state index is 0.0525. The van der Waals surface area contributed by atoms with Crippen molar-refractivity contribution in [2.75, 3.05) is 45.3 Å². The number of ether oxygens (including phenoxy) is 1. The van der Waals surface area contributed by atoms with Crippen molar-refractivity contribution >= 4 is 17.7 Å². The van der Waals surface area contributed by atoms with Crippen LogP contribution in [0.3, 0.4) is 0 Å². The molecule has 0 fully saturated rings. The third-order valence-corrected chi connectivity index (χ3v) is 6.65. The fourth-order valence-corrected chi connectivity index (χ4v) is 4.22. The molecule has 37 heavy (non-hydrogen) atoms. The van der Waals surface area contributed by atoms with E-state index in [9.17, 15) is 27.9 Å². The Labute approximate surface area is 217 Å². The third-order valence-electron chi connectivity index (χ3n) is 6.65. The number of aromatic nitrogens is 1. The van der Waals surface area contributed by atoms with Crippen LogP contribution in [-0.4, -0.2) is 85.4 Å². The zero-order chi connectivity index (χ0) is 27.4. The molecule has 1 aliphatic heterocycles. The molecule has 0 bridgehead atoms. The molecule has 0 unspecified atom stereocenters. The standard InChI is InChI=1S/C26H41F3N4O4/c1-26(2,25(28)29)15-22(34)32-21(24(35)36)11-14-33(17-20(16-27)37-3)13-5-4-8-19-10-9-18-7-6-12-30-23(18)31-19/h9-10,20-21,25H,4-8,11-17H2,1-3H3,(H,30,31)(H,32,34)(H,35,36)/t20-,21+/m1/s1. The molecule has 0 saturated heterocycles. The third kappa shape index (κ3) is 10.5. The van der Waals surface area contributed by atoms with Gasteiger partial charge in [0.05, 0.1) is 6.10 Å². The molecule has 1 aliphatic rings. The molecule has 3 N–H and O–H groups in total. The van der Waals surface area contributed by atoms with Gasteiger partial charge in [-0.1, -0.05) is 19.9 Å². The first-order valence-corrected chi connectivity index (χ1v) is 12.9. The molecular formula is C26H41F3N4O4. The van der Waals surface area contributed by atoms with Crippen LogP contribution >= 0.6 is 0 Å². The van der Waals surface area contributed by atoms with E-state index in [1.165, 1.54) is 26.5 Å². The number of carbonyl (C=O) groups excluding carboxylic acids is 1. The molecular weight excluding hydrogens is 489 g/mol. The largest absolute Gasteiger partial charge is 0.480 e. The normalized spacial score (nSPS) is 15.2. The van der Waals surface area contributed by atoms with Crippen LogP contribution in [0.1, 0.15) is 57.2 Å². The maximum absolute atomic E-state index is 13.3. The highest BCUT2D eigenvalue weighted by Gasteiger charge is 2.33. The zero-order valence-corrected chi connectivity index (χ0v) is 22.1. The summed E-state index contributed by atoms with van der Waals surface area (Å²) in [6.07, 6.45) is 0.739. The minimum atomic E-state index is -2.71. The van der Waals surface area contributed by atoms with Crippen LogP contribution in [0.2, 0.25) is 0 Å². The SMILES string of the molecule is CO[C@H](CF)CN(CCCCc1ccc2c(n1)NCCC2)CC[C@H](NC(=O)CC(C)(C)C(F)F)C(=O)O. The van der Waals surface area contributed by atoms with E-state index < -0.39 is 49.0 Å². The minimum Gasteiger partial charge on any atom is -0.480 e. The van der Waals surface area contributed by atoms with Crippen LogP contribution in [0.25, 0.3) is 0 Å². The van der Waals surface area contributed by atoms with Gasteiger partial charge in [-0.05, 0) is 56.7 Å². The molecule has 0 radical (unpaired) electrons. The maximum Gasteiger partial charge on any atom is 0.326 e. The van der Waals surface area contributed by atoms with Gasteiger partial charge in [-0.15, -0.1) is 0 Å². The number of nitrogens with zero attached hydrogens (tertiary/aromatic N) is 2. The number of halogens is 3. The Morgan fingerprint density at radius 2 is 2.03 bits per heavy atom. The summed E-state index contributed by atoms with van der Waals surface area (Å²) in [6, 6.07) is 2.92. The van der Waals surface area contributed by atoms with E-state index in [0.717, 1.165) is 50.2 Å². The summed E-state index contributed by atoms with van der Waals surface area (Å²) in [6.45, 7) is 3.89. The molecule has 1 amide bonds. The lowest BCUT2D eigenvalue weighted by Gasteiger charge is -2.28. The van der Waals surface area contributed by atoms with Crippen molar-refractivity contribution in [2.45, 2.75) is 77.4 Å². The van der Waals surface area contributed by atoms with E-state index in [2.05, 4.69) is 16.7 Å². The van der Waals surface area contributed by atoms with Crippen molar-refractivity contribution in [1.82, 2.24) is 15.2 Å². The number of carbonyl (C=O) groups is 2. The number of hydrogen-bond donors (Lipinski definition) is 3. The number of pyridine rings is 1. The highest BCUT2D eigenvalue weighted by atomic mass is 19.3. The van der Waals surface area contributed by atoms with Gasteiger partial charge in [-0.25, -0.2) is 22.9 Å². The Kier molecular flexibility index (Phi) is 12.6. The summed E-state index contributed by atoms with van der Waals surface area (Å²) >= 11 is 0. The topological polar surface area (TPSA) is 104 Å². The smallest absolute Gasteiger partial charge is 0.326 e. The number of unbranched alkanes of at least 4 members (excludes halogenated alkanes) is 1. The summed E-state index contributed by atoms with van der Waals surface area (Å²) in [5.74, 6) is -1.03. The van der Waals surface area contributed by atoms with Gasteiger partial charge >= 0.3 is 5.97 Å². The Hall–Kier alpha value is -2.40. The number of anilines is 1. The van der Waals surface area contributed by atoms with Crippen molar-refractivity contribution in [3.8, 4) is 0 Å². The van der Waals surface area contributed by atoms with Gasteiger partial charge in [0.2, 0.25) is 12.3 Å². The van der Waals surface area contributed by atoms with Crippen molar-refractivity contribution < 1.29 is 32.6 Å². The van der Waals surface area contributed by atoms with E-state index in [-0.39, 0.29) is 19.5 Å². The highest BCUT2D eigenvalue weighted by Crippen LogP contribution is 2.28. The van der Waals surface area contributed by atoms with E-state index in [1.807, 2.05) is 11.0 Å². The van der Waals surface area contributed by atoms with Crippen molar-refractivity contribution in [2.24, 2.45) is 5.41 Å². The first-order chi connectivity index (χ1) is 17.6. The molecule has 2 rings (SSSR count). The zero-order valence-electron chi connectivity index (χ0n) is 22.1. The van der Waals surface area contributed by atoms with Crippen LogP contribution in [0, 0.1) is 5.41 Å². The molecule has 2 heterocycles. The van der Waals surface area contributed by atoms with Gasteiger partial charge in [-0.2, -0.15) is 0 Å². The fourth-order valence-electron chi connectivity index (χ4n) is 4.22. The molecule has 11 heteroatoms. The Balaban J connectivity index is 1.90. The van der Waals surface area contributed by atoms with Gasteiger partial charge in [0.25, 0.3) is 0 Å². The average molecular weight is 531 g/mol. The predicted octanol–water partition coefficient (Wildman–Crippen LogP) is 3.69. The van der Waals surface area contributed by atoms with Gasteiger partial charge in [-0.3, -0.25) is 4.79 Å². The number of carboxylic acid groups (broad SMARTS) is 1. The summed E-state index contributed by atoms with van der Waals surface area (Å²) in [7, 11) is 1.42. The molecule has 210 valence electrons. The van der Waals surface area contributed by atoms with E-state index in [0.29, 0.717) is 6.54 Å². The van der Waals surface area contributed by atoms with Crippen molar-refractivity contribution in [1.29, 1.82) is 0 Å². The summed E-state index contributed by atoms with van der Waals surface area (Å²) in [4.78, 5) is 30.6. The number of hydrogen-bond acceptors (Lipinski definition) is 6. The molecule has 1 aromatic heterocycles. The molecule has 2 atom stereocenters. The van der Waals surface area contributed by atoms with Crippen LogP contribution in [0.4, 0.5) is 19.0 Å². The van der Waals surface area contributed by atoms with E-state index in [4.69, 9.17) is 9.72 Å². The van der Waals surface area contributed by atoms with Crippen LogP contribution in [0.5, 0.6) is 0 Å². The Morgan fingerprint density at radius 1 is 1.27 bits per heavy atom. The predicted molar refractivity (Wildman–Crippen MR) is 136 cm³/mol. The number of methoxy groups -OCH3 is 1.